The Hall–Kier alpha value is 0.272. The molecule has 0 aromatic carbocycles. The van der Waals surface area contributed by atoms with Crippen molar-refractivity contribution in [1.29, 1.82) is 0 Å². The number of carboxylic acids is 1. The van der Waals surface area contributed by atoms with Gasteiger partial charge < -0.3 is 34.3 Å². The average molecular weight is 877 g/mol. The Kier molecular flexibility index (Phi) is 20.4. The molecule has 1 aliphatic heterocycles. The Labute approximate surface area is 382 Å². The molecule has 0 radical (unpaired) electrons. The van der Waals surface area contributed by atoms with Crippen LogP contribution in [-0.2, 0) is 35.1 Å². The van der Waals surface area contributed by atoms with Gasteiger partial charge >= 0.3 is 62.6 Å². The Morgan fingerprint density at radius 3 is 1.83 bits per heavy atom. The van der Waals surface area contributed by atoms with E-state index in [1.165, 1.54) is 0 Å². The first kappa shape index (κ1) is 53.6. The van der Waals surface area contributed by atoms with Crippen LogP contribution in [0.5, 0.6) is 0 Å². The van der Waals surface area contributed by atoms with Crippen LogP contribution in [0.1, 0.15) is 96.3 Å². The van der Waals surface area contributed by atoms with E-state index in [-0.39, 0.29) is 81.9 Å². The van der Waals surface area contributed by atoms with Gasteiger partial charge in [0.1, 0.15) is 18.6 Å². The van der Waals surface area contributed by atoms with Crippen molar-refractivity contribution in [2.45, 2.75) is 173 Å². The summed E-state index contributed by atoms with van der Waals surface area (Å²) in [4.78, 5) is 11.9. The monoisotopic (exact) mass is 876 g/mol. The normalized spacial score (nSPS) is 40.1. The summed E-state index contributed by atoms with van der Waals surface area (Å²) in [6.45, 7) is 0. The number of aliphatic hydroxyl groups is 2. The van der Waals surface area contributed by atoms with Crippen LogP contribution in [0, 0.1) is 17.8 Å². The molecule has 9 N–H and O–H groups in total. The summed E-state index contributed by atoms with van der Waals surface area (Å²) >= 11 is 0. The molecule has 0 aromatic rings. The minimum atomic E-state index is -5.16. The van der Waals surface area contributed by atoms with E-state index in [0.29, 0.717) is 38.5 Å². The topological polar surface area (TPSA) is 346 Å². The van der Waals surface area contributed by atoms with E-state index in [2.05, 4.69) is 42.1 Å². The van der Waals surface area contributed by atoms with Gasteiger partial charge in [0.25, 0.3) is 0 Å². The summed E-state index contributed by atoms with van der Waals surface area (Å²) < 4.78 is 112. The average Bonchev–Trinajstić information content (AvgIpc) is 3.10. The number of nitrogens with one attached hydrogen (secondary N) is 6. The van der Waals surface area contributed by atoms with Gasteiger partial charge in [0.2, 0.25) is 0 Å². The minimum Gasteiger partial charge on any atom is -0.748 e. The van der Waals surface area contributed by atoms with Gasteiger partial charge in [-0.25, -0.2) is 25.3 Å². The van der Waals surface area contributed by atoms with Crippen LogP contribution in [-0.4, -0.2) is 137 Å². The molecule has 15 atom stereocenters. The first-order chi connectivity index (χ1) is 26.3. The maximum Gasteiger partial charge on any atom is 1.00 e. The molecule has 1 saturated heterocycles. The Balaban J connectivity index is 0.00000310. The first-order valence-corrected chi connectivity index (χ1v) is 24.1. The fourth-order valence-electron chi connectivity index (χ4n) is 10.2. The van der Waals surface area contributed by atoms with Crippen LogP contribution in [0.25, 0.3) is 0 Å². The van der Waals surface area contributed by atoms with Gasteiger partial charge in [0.05, 0.1) is 64.2 Å². The molecule has 6 aliphatic rings. The third kappa shape index (κ3) is 13.9. The van der Waals surface area contributed by atoms with Gasteiger partial charge in [0, 0.05) is 30.1 Å². The summed E-state index contributed by atoms with van der Waals surface area (Å²) in [5.41, 5.74) is 0. The molecule has 0 spiro atoms. The summed E-state index contributed by atoms with van der Waals surface area (Å²) in [7, 11) is -14.8. The number of carboxylic acid groups (broad SMARTS) is 1. The van der Waals surface area contributed by atoms with Crippen LogP contribution < -0.4 is 88.5 Å². The number of hydrogen-bond acceptors (Lipinski definition) is 20. The molecule has 6 fully saturated rings. The molecule has 27 heteroatoms. The molecule has 5 aliphatic carbocycles. The number of hydrogen-bond donors (Lipinski definition) is 9. The maximum absolute atomic E-state index is 12.6. The van der Waals surface area contributed by atoms with E-state index < -0.39 is 131 Å². The van der Waals surface area contributed by atoms with Gasteiger partial charge in [-0.3, -0.25) is 31.4 Å². The van der Waals surface area contributed by atoms with Crippen molar-refractivity contribution in [1.82, 2.24) is 31.9 Å². The van der Waals surface area contributed by atoms with E-state index in [0.717, 1.165) is 32.1 Å². The molecule has 0 aromatic heterocycles. The molecular formula is C32H55Li3N8O13S3. The van der Waals surface area contributed by atoms with Crippen molar-refractivity contribution in [2.24, 2.45) is 28.0 Å². The fourth-order valence-corrected chi connectivity index (χ4v) is 13.2. The second-order valence-corrected chi connectivity index (χ2v) is 21.4. The minimum absolute atomic E-state index is 0. The summed E-state index contributed by atoms with van der Waals surface area (Å²) in [5, 5.41) is 54.4. The number of carbonyl (C=O) groups is 1. The van der Waals surface area contributed by atoms with E-state index in [1.807, 2.05) is 0 Å². The number of aliphatic carboxylic acids is 1. The quantitative estimate of drug-likeness (QED) is 0.0499. The zero-order valence-electron chi connectivity index (χ0n) is 33.9. The number of nitrogens with zero attached hydrogens (tertiary/aromatic N) is 2. The number of fused-ring (bicyclic) bond motifs is 1. The molecule has 1 heterocycles. The van der Waals surface area contributed by atoms with Crippen LogP contribution in [0.4, 0.5) is 0 Å². The molecule has 0 bridgehead atoms. The van der Waals surface area contributed by atoms with Crippen molar-refractivity contribution in [2.75, 3.05) is 0 Å². The standard InChI is InChI=1S/C32H58N8O13S3.3Li/c41-28-26-16(13-25(56(51,52)53)27(28)40-39-21-9-5-4-8-20(21)29(42)43)12-19(54(45,46)47)15-23(26)35-31-36-30(37-32(44)38-31)34-18-10-11-22(24(14-18)55(48,49)50)33-17-6-2-1-3-7-17;;;/h16-28,30-38,41,44H,1-15H2,(H,42,43)(H,45,46,47)(H,48,49,50)(H,51,52,53);;;/q;3*+1/p-3. The van der Waals surface area contributed by atoms with Gasteiger partial charge in [-0.15, -0.1) is 0 Å². The summed E-state index contributed by atoms with van der Waals surface area (Å²) in [5.74, 6) is -3.90. The fraction of sp³-hybridized carbons (Fsp3) is 0.969. The summed E-state index contributed by atoms with van der Waals surface area (Å²) in [6, 6.07) is -4.27. The second kappa shape index (κ2) is 22.4. The Morgan fingerprint density at radius 1 is 0.610 bits per heavy atom. The van der Waals surface area contributed by atoms with Crippen molar-refractivity contribution >= 4 is 36.3 Å². The van der Waals surface area contributed by atoms with Crippen LogP contribution >= 0.6 is 0 Å². The predicted molar refractivity (Wildman–Crippen MR) is 194 cm³/mol. The maximum atomic E-state index is 12.6. The number of azo groups is 1. The van der Waals surface area contributed by atoms with Crippen molar-refractivity contribution in [3.63, 3.8) is 0 Å². The number of rotatable bonds is 12. The van der Waals surface area contributed by atoms with Gasteiger partial charge in [-0.2, -0.15) is 10.2 Å². The smallest absolute Gasteiger partial charge is 0.748 e. The first-order valence-electron chi connectivity index (χ1n) is 19.7. The molecular weight excluding hydrogens is 821 g/mol. The third-order valence-electron chi connectivity index (χ3n) is 12.9. The van der Waals surface area contributed by atoms with Crippen molar-refractivity contribution in [3.05, 3.63) is 0 Å². The van der Waals surface area contributed by atoms with E-state index in [4.69, 9.17) is 0 Å². The van der Waals surface area contributed by atoms with Crippen molar-refractivity contribution < 1.29 is 116 Å². The largest absolute Gasteiger partial charge is 1.00 e. The predicted octanol–water partition coefficient (Wildman–Crippen LogP) is -11.0. The van der Waals surface area contributed by atoms with E-state index in [1.54, 1.807) is 0 Å². The van der Waals surface area contributed by atoms with Gasteiger partial charge in [0.15, 0.2) is 6.35 Å². The van der Waals surface area contributed by atoms with Crippen LogP contribution in [0.3, 0.4) is 0 Å². The van der Waals surface area contributed by atoms with Gasteiger partial charge in [-0.1, -0.05) is 32.1 Å². The zero-order valence-corrected chi connectivity index (χ0v) is 36.3. The Bertz CT molecular complexity index is 1750. The van der Waals surface area contributed by atoms with E-state index >= 15 is 0 Å². The second-order valence-electron chi connectivity index (χ2n) is 16.6. The number of aliphatic hydroxyl groups excluding tert-OH is 2. The molecule has 15 unspecified atom stereocenters. The van der Waals surface area contributed by atoms with Crippen molar-refractivity contribution in [3.8, 4) is 0 Å². The van der Waals surface area contributed by atoms with E-state index in [9.17, 15) is 59.0 Å². The molecule has 0 amide bonds. The zero-order chi connectivity index (χ0) is 40.6. The molecule has 21 nitrogen and oxygen atoms in total. The molecule has 6 rings (SSSR count). The van der Waals surface area contributed by atoms with Crippen LogP contribution in [0.15, 0.2) is 10.2 Å². The molecule has 322 valence electrons. The SMILES string of the molecule is O=C(O)C1CCCCC1N=NC1C(O)C2C(CC(S(=O)(=O)[O-])CC2NC2NC(O)NC(NC3CCC(NC4CCCCC4)C(S(=O)(=O)[O-])C3)N2)CC1S(=O)(=O)[O-].[Li+].[Li+].[Li+]. The van der Waals surface area contributed by atoms with Gasteiger partial charge in [-0.05, 0) is 70.1 Å². The molecule has 5 saturated carbocycles. The Morgan fingerprint density at radius 2 is 1.22 bits per heavy atom. The third-order valence-corrected chi connectivity index (χ3v) is 16.6. The summed E-state index contributed by atoms with van der Waals surface area (Å²) in [6.07, 6.45) is 1.83. The molecule has 59 heavy (non-hydrogen) atoms. The van der Waals surface area contributed by atoms with Crippen LogP contribution in [0.2, 0.25) is 0 Å².